The summed E-state index contributed by atoms with van der Waals surface area (Å²) in [5.41, 5.74) is -0.120. The largest absolute Gasteiger partial charge is 0.475 e. The number of rotatable bonds is 2. The number of nitrogens with one attached hydrogen (secondary N) is 1. The molecule has 3 heteroatoms. The third-order valence-electron chi connectivity index (χ3n) is 3.36. The molecule has 1 aliphatic carbocycles. The van der Waals surface area contributed by atoms with Crippen LogP contribution in [-0.4, -0.2) is 30.1 Å². The molecule has 3 unspecified atom stereocenters. The predicted molar refractivity (Wildman–Crippen MR) is 66.9 cm³/mol. The van der Waals surface area contributed by atoms with Gasteiger partial charge in [-0.3, -0.25) is 4.99 Å². The average Bonchev–Trinajstić information content (AvgIpc) is 2.75. The number of nitrogens with zero attached hydrogens (tertiary/aromatic N) is 1. The highest BCUT2D eigenvalue weighted by Gasteiger charge is 2.39. The molecule has 2 fully saturated rings. The van der Waals surface area contributed by atoms with Gasteiger partial charge in [-0.1, -0.05) is 6.92 Å². The van der Waals surface area contributed by atoms with Crippen molar-refractivity contribution >= 4 is 5.90 Å². The van der Waals surface area contributed by atoms with Crippen molar-refractivity contribution in [3.8, 4) is 0 Å². The monoisotopic (exact) mass is 224 g/mol. The lowest BCUT2D eigenvalue weighted by molar-refractivity contribution is 0.111. The highest BCUT2D eigenvalue weighted by Crippen LogP contribution is 2.33. The van der Waals surface area contributed by atoms with Crippen molar-refractivity contribution in [1.29, 1.82) is 0 Å². The van der Waals surface area contributed by atoms with Crippen LogP contribution in [0.3, 0.4) is 0 Å². The first-order valence-electron chi connectivity index (χ1n) is 6.47. The van der Waals surface area contributed by atoms with Crippen LogP contribution in [-0.2, 0) is 4.74 Å². The van der Waals surface area contributed by atoms with Crippen LogP contribution in [0.4, 0.5) is 0 Å². The maximum absolute atomic E-state index is 5.89. The molecule has 2 rings (SSSR count). The van der Waals surface area contributed by atoms with E-state index in [0.29, 0.717) is 12.1 Å². The molecule has 16 heavy (non-hydrogen) atoms. The van der Waals surface area contributed by atoms with Crippen LogP contribution in [0.15, 0.2) is 4.99 Å². The molecule has 2 aliphatic rings. The van der Waals surface area contributed by atoms with E-state index in [-0.39, 0.29) is 5.60 Å². The maximum Gasteiger partial charge on any atom is 0.183 e. The molecular weight excluding hydrogens is 200 g/mol. The van der Waals surface area contributed by atoms with Gasteiger partial charge in [-0.05, 0) is 39.5 Å². The zero-order valence-corrected chi connectivity index (χ0v) is 10.9. The molecule has 0 aromatic carbocycles. The molecule has 2 bridgehead atoms. The first kappa shape index (κ1) is 11.9. The van der Waals surface area contributed by atoms with Crippen molar-refractivity contribution in [3.63, 3.8) is 0 Å². The second-order valence-electron chi connectivity index (χ2n) is 5.99. The summed E-state index contributed by atoms with van der Waals surface area (Å²) < 4.78 is 5.89. The number of piperidine rings is 1. The summed E-state index contributed by atoms with van der Waals surface area (Å²) in [7, 11) is 0. The zero-order chi connectivity index (χ0) is 11.8. The molecule has 3 atom stereocenters. The Labute approximate surface area is 98.7 Å². The van der Waals surface area contributed by atoms with Gasteiger partial charge in [-0.15, -0.1) is 0 Å². The molecule has 3 nitrogen and oxygen atoms in total. The topological polar surface area (TPSA) is 33.6 Å². The molecule has 1 saturated carbocycles. The second-order valence-corrected chi connectivity index (χ2v) is 5.99. The quantitative estimate of drug-likeness (QED) is 0.577. The highest BCUT2D eigenvalue weighted by atomic mass is 16.5. The molecular formula is C13H24N2O. The Morgan fingerprint density at radius 1 is 1.38 bits per heavy atom. The third kappa shape index (κ3) is 2.76. The summed E-state index contributed by atoms with van der Waals surface area (Å²) in [5.74, 6) is 1.68. The number of hydrogen-bond acceptors (Lipinski definition) is 3. The van der Waals surface area contributed by atoms with Crippen molar-refractivity contribution in [2.45, 2.75) is 64.6 Å². The minimum Gasteiger partial charge on any atom is -0.475 e. The molecule has 1 heterocycles. The normalized spacial score (nSPS) is 34.5. The molecule has 0 amide bonds. The van der Waals surface area contributed by atoms with Crippen LogP contribution in [0.25, 0.3) is 0 Å². The standard InChI is InChI=1S/C13H24N2O/c1-5-12(16-13(2,3)4)15-11-7-10-6-9(11)8-14-10/h9-11,14H,5-8H2,1-4H3. The summed E-state index contributed by atoms with van der Waals surface area (Å²) in [4.78, 5) is 4.82. The first-order chi connectivity index (χ1) is 7.48. The first-order valence-corrected chi connectivity index (χ1v) is 6.47. The van der Waals surface area contributed by atoms with E-state index in [9.17, 15) is 0 Å². The smallest absolute Gasteiger partial charge is 0.183 e. The van der Waals surface area contributed by atoms with Gasteiger partial charge in [-0.25, -0.2) is 0 Å². The van der Waals surface area contributed by atoms with Crippen LogP contribution in [0.1, 0.15) is 47.0 Å². The molecule has 1 saturated heterocycles. The second kappa shape index (κ2) is 4.36. The van der Waals surface area contributed by atoms with Crippen LogP contribution < -0.4 is 5.32 Å². The van der Waals surface area contributed by atoms with Gasteiger partial charge < -0.3 is 10.1 Å². The molecule has 1 N–H and O–H groups in total. The fraction of sp³-hybridized carbons (Fsp3) is 0.923. The van der Waals surface area contributed by atoms with Crippen LogP contribution in [0, 0.1) is 5.92 Å². The van der Waals surface area contributed by atoms with E-state index in [4.69, 9.17) is 9.73 Å². The fourth-order valence-electron chi connectivity index (χ4n) is 2.69. The van der Waals surface area contributed by atoms with Crippen molar-refractivity contribution in [2.24, 2.45) is 10.9 Å². The SMILES string of the molecule is CCC(=NC1CC2CC1CN2)OC(C)(C)C. The number of ether oxygens (including phenoxy) is 1. The van der Waals surface area contributed by atoms with Gasteiger partial charge in [0.25, 0.3) is 0 Å². The molecule has 1 aliphatic heterocycles. The Hall–Kier alpha value is -0.570. The Morgan fingerprint density at radius 3 is 2.56 bits per heavy atom. The minimum absolute atomic E-state index is 0.120. The predicted octanol–water partition coefficient (Wildman–Crippen LogP) is 2.36. The van der Waals surface area contributed by atoms with E-state index < -0.39 is 0 Å². The zero-order valence-electron chi connectivity index (χ0n) is 10.9. The van der Waals surface area contributed by atoms with Gasteiger partial charge in [0.1, 0.15) is 5.60 Å². The Bertz CT molecular complexity index is 280. The van der Waals surface area contributed by atoms with Crippen molar-refractivity contribution in [1.82, 2.24) is 5.32 Å². The Morgan fingerprint density at radius 2 is 2.12 bits per heavy atom. The summed E-state index contributed by atoms with van der Waals surface area (Å²) in [6, 6.07) is 1.22. The van der Waals surface area contributed by atoms with E-state index in [1.807, 2.05) is 0 Å². The van der Waals surface area contributed by atoms with Crippen molar-refractivity contribution in [3.05, 3.63) is 0 Å². The van der Waals surface area contributed by atoms with E-state index in [1.165, 1.54) is 12.8 Å². The van der Waals surface area contributed by atoms with Gasteiger partial charge in [-0.2, -0.15) is 0 Å². The van der Waals surface area contributed by atoms with E-state index in [1.54, 1.807) is 0 Å². The summed E-state index contributed by atoms with van der Waals surface area (Å²) in [5, 5.41) is 3.52. The van der Waals surface area contributed by atoms with Crippen LogP contribution in [0.2, 0.25) is 0 Å². The van der Waals surface area contributed by atoms with Crippen LogP contribution in [0.5, 0.6) is 0 Å². The lowest BCUT2D eigenvalue weighted by Crippen LogP contribution is -2.33. The molecule has 0 aromatic heterocycles. The van der Waals surface area contributed by atoms with E-state index >= 15 is 0 Å². The third-order valence-corrected chi connectivity index (χ3v) is 3.36. The molecule has 0 radical (unpaired) electrons. The molecule has 0 spiro atoms. The van der Waals surface area contributed by atoms with Crippen molar-refractivity contribution in [2.75, 3.05) is 6.54 Å². The van der Waals surface area contributed by atoms with E-state index in [2.05, 4.69) is 33.0 Å². The van der Waals surface area contributed by atoms with E-state index in [0.717, 1.165) is 24.8 Å². The fourth-order valence-corrected chi connectivity index (χ4v) is 2.69. The highest BCUT2D eigenvalue weighted by molar-refractivity contribution is 5.76. The summed E-state index contributed by atoms with van der Waals surface area (Å²) in [6.45, 7) is 9.52. The Kier molecular flexibility index (Phi) is 3.24. The van der Waals surface area contributed by atoms with Crippen molar-refractivity contribution < 1.29 is 4.74 Å². The lowest BCUT2D eigenvalue weighted by atomic mass is 10.0. The number of fused-ring (bicyclic) bond motifs is 2. The van der Waals surface area contributed by atoms with Gasteiger partial charge in [0.15, 0.2) is 5.90 Å². The molecule has 0 aromatic rings. The number of aliphatic imine (C=N–C) groups is 1. The molecule has 92 valence electrons. The van der Waals surface area contributed by atoms with Gasteiger partial charge in [0, 0.05) is 19.0 Å². The minimum atomic E-state index is -0.120. The van der Waals surface area contributed by atoms with Gasteiger partial charge >= 0.3 is 0 Å². The van der Waals surface area contributed by atoms with Gasteiger partial charge in [0.05, 0.1) is 6.04 Å². The van der Waals surface area contributed by atoms with Crippen LogP contribution >= 0.6 is 0 Å². The maximum atomic E-state index is 5.89. The number of hydrogen-bond donors (Lipinski definition) is 1. The Balaban J connectivity index is 1.98. The summed E-state index contributed by atoms with van der Waals surface area (Å²) >= 11 is 0. The van der Waals surface area contributed by atoms with Gasteiger partial charge in [0.2, 0.25) is 0 Å². The average molecular weight is 224 g/mol. The lowest BCUT2D eigenvalue weighted by Gasteiger charge is -2.25. The summed E-state index contributed by atoms with van der Waals surface area (Å²) in [6.07, 6.45) is 3.40.